The lowest BCUT2D eigenvalue weighted by molar-refractivity contribution is 0.334. The lowest BCUT2D eigenvalue weighted by Gasteiger charge is -2.26. The fraction of sp³-hybridized carbons (Fsp3) is 0.538. The molecule has 5 heteroatoms. The molecular weight excluding hydrogens is 248 g/mol. The summed E-state index contributed by atoms with van der Waals surface area (Å²) < 4.78 is 27.2. The third-order valence-electron chi connectivity index (χ3n) is 3.91. The Labute approximate surface area is 108 Å². The summed E-state index contributed by atoms with van der Waals surface area (Å²) in [4.78, 5) is 0.420. The van der Waals surface area contributed by atoms with Crippen molar-refractivity contribution in [1.82, 2.24) is 9.62 Å². The van der Waals surface area contributed by atoms with E-state index in [4.69, 9.17) is 0 Å². The minimum absolute atomic E-state index is 0.128. The van der Waals surface area contributed by atoms with Gasteiger partial charge in [0.15, 0.2) is 0 Å². The molecule has 2 saturated heterocycles. The van der Waals surface area contributed by atoms with E-state index in [1.54, 1.807) is 28.6 Å². The van der Waals surface area contributed by atoms with Crippen molar-refractivity contribution in [3.63, 3.8) is 0 Å². The van der Waals surface area contributed by atoms with Crippen molar-refractivity contribution in [2.24, 2.45) is 0 Å². The average molecular weight is 266 g/mol. The van der Waals surface area contributed by atoms with Crippen LogP contribution in [0.15, 0.2) is 35.2 Å². The van der Waals surface area contributed by atoms with E-state index >= 15 is 0 Å². The van der Waals surface area contributed by atoms with Gasteiger partial charge in [-0.3, -0.25) is 0 Å². The summed E-state index contributed by atoms with van der Waals surface area (Å²) in [7, 11) is -3.33. The van der Waals surface area contributed by atoms with Gasteiger partial charge in [-0.05, 0) is 37.9 Å². The van der Waals surface area contributed by atoms with Crippen molar-refractivity contribution < 1.29 is 8.42 Å². The Morgan fingerprint density at radius 2 is 1.78 bits per heavy atom. The monoisotopic (exact) mass is 266 g/mol. The smallest absolute Gasteiger partial charge is 0.243 e. The number of nitrogens with zero attached hydrogens (tertiary/aromatic N) is 1. The molecule has 4 nitrogen and oxygen atoms in total. The molecule has 2 fully saturated rings. The first kappa shape index (κ1) is 12.1. The first-order valence-electron chi connectivity index (χ1n) is 6.49. The number of fused-ring (bicyclic) bond motifs is 2. The normalized spacial score (nSPS) is 29.1. The Kier molecular flexibility index (Phi) is 3.13. The van der Waals surface area contributed by atoms with Gasteiger partial charge in [-0.15, -0.1) is 0 Å². The predicted molar refractivity (Wildman–Crippen MR) is 69.8 cm³/mol. The molecule has 1 aromatic rings. The first-order chi connectivity index (χ1) is 8.69. The third-order valence-corrected chi connectivity index (χ3v) is 5.93. The molecule has 0 aliphatic carbocycles. The van der Waals surface area contributed by atoms with Crippen LogP contribution >= 0.6 is 0 Å². The maximum atomic E-state index is 12.7. The zero-order chi connectivity index (χ0) is 12.6. The molecule has 2 unspecified atom stereocenters. The standard InChI is InChI=1S/C13H18N2O2S/c16-18(17,13-4-2-1-3-5-13)15-11-6-7-12(15)10-14-9-8-11/h1-5,11-12,14H,6-10H2. The van der Waals surface area contributed by atoms with Crippen LogP contribution in [0.4, 0.5) is 0 Å². The quantitative estimate of drug-likeness (QED) is 0.875. The molecule has 0 spiro atoms. The molecule has 2 aliphatic heterocycles. The van der Waals surface area contributed by atoms with Gasteiger partial charge in [-0.25, -0.2) is 8.42 Å². The largest absolute Gasteiger partial charge is 0.315 e. The maximum absolute atomic E-state index is 12.7. The highest BCUT2D eigenvalue weighted by Gasteiger charge is 2.42. The van der Waals surface area contributed by atoms with E-state index in [-0.39, 0.29) is 12.1 Å². The Balaban J connectivity index is 1.99. The van der Waals surface area contributed by atoms with Gasteiger partial charge in [0, 0.05) is 18.6 Å². The van der Waals surface area contributed by atoms with Crippen LogP contribution in [-0.4, -0.2) is 37.9 Å². The van der Waals surface area contributed by atoms with E-state index in [2.05, 4.69) is 5.32 Å². The average Bonchev–Trinajstić information content (AvgIpc) is 2.64. The van der Waals surface area contributed by atoms with Gasteiger partial charge >= 0.3 is 0 Å². The fourth-order valence-electron chi connectivity index (χ4n) is 3.05. The van der Waals surface area contributed by atoms with E-state index < -0.39 is 10.0 Å². The Morgan fingerprint density at radius 3 is 2.56 bits per heavy atom. The molecule has 98 valence electrons. The van der Waals surface area contributed by atoms with Gasteiger partial charge in [0.05, 0.1) is 4.90 Å². The van der Waals surface area contributed by atoms with Crippen LogP contribution in [-0.2, 0) is 10.0 Å². The Hall–Kier alpha value is -0.910. The minimum atomic E-state index is -3.33. The van der Waals surface area contributed by atoms with E-state index in [1.807, 2.05) is 6.07 Å². The fourth-order valence-corrected chi connectivity index (χ4v) is 4.97. The molecule has 1 aromatic carbocycles. The molecule has 18 heavy (non-hydrogen) atoms. The van der Waals surface area contributed by atoms with Crippen molar-refractivity contribution in [3.05, 3.63) is 30.3 Å². The molecule has 0 aromatic heterocycles. The topological polar surface area (TPSA) is 49.4 Å². The highest BCUT2D eigenvalue weighted by molar-refractivity contribution is 7.89. The second kappa shape index (κ2) is 4.64. The summed E-state index contributed by atoms with van der Waals surface area (Å²) in [5, 5.41) is 3.33. The van der Waals surface area contributed by atoms with Crippen LogP contribution < -0.4 is 5.32 Å². The van der Waals surface area contributed by atoms with Gasteiger partial charge in [0.2, 0.25) is 10.0 Å². The zero-order valence-electron chi connectivity index (χ0n) is 10.2. The van der Waals surface area contributed by atoms with Crippen LogP contribution in [0.2, 0.25) is 0 Å². The SMILES string of the molecule is O=S(=O)(c1ccccc1)N1C2CCNCC1CC2. The summed E-state index contributed by atoms with van der Waals surface area (Å²) in [5.74, 6) is 0. The predicted octanol–water partition coefficient (Wildman–Crippen LogP) is 1.20. The summed E-state index contributed by atoms with van der Waals surface area (Å²) in [6.07, 6.45) is 2.89. The summed E-state index contributed by atoms with van der Waals surface area (Å²) >= 11 is 0. The second-order valence-electron chi connectivity index (χ2n) is 5.03. The molecule has 1 N–H and O–H groups in total. The van der Waals surface area contributed by atoms with Gasteiger partial charge in [-0.1, -0.05) is 18.2 Å². The number of sulfonamides is 1. The second-order valence-corrected chi connectivity index (χ2v) is 6.87. The third kappa shape index (κ3) is 1.96. The number of benzene rings is 1. The van der Waals surface area contributed by atoms with Crippen LogP contribution in [0.25, 0.3) is 0 Å². The molecule has 2 heterocycles. The van der Waals surface area contributed by atoms with Gasteiger partial charge < -0.3 is 5.32 Å². The highest BCUT2D eigenvalue weighted by Crippen LogP contribution is 2.33. The van der Waals surface area contributed by atoms with Crippen LogP contribution in [0.5, 0.6) is 0 Å². The number of hydrogen-bond acceptors (Lipinski definition) is 3. The Bertz CT molecular complexity index is 501. The Morgan fingerprint density at radius 1 is 1.06 bits per heavy atom. The maximum Gasteiger partial charge on any atom is 0.243 e. The van der Waals surface area contributed by atoms with E-state index in [1.165, 1.54) is 0 Å². The first-order valence-corrected chi connectivity index (χ1v) is 7.93. The van der Waals surface area contributed by atoms with Crippen molar-refractivity contribution in [2.75, 3.05) is 13.1 Å². The van der Waals surface area contributed by atoms with Crippen LogP contribution in [0.1, 0.15) is 19.3 Å². The molecule has 3 rings (SSSR count). The van der Waals surface area contributed by atoms with Crippen molar-refractivity contribution in [3.8, 4) is 0 Å². The molecule has 2 bridgehead atoms. The molecule has 0 saturated carbocycles. The van der Waals surface area contributed by atoms with E-state index in [0.717, 1.165) is 32.4 Å². The number of rotatable bonds is 2. The molecule has 2 atom stereocenters. The molecule has 2 aliphatic rings. The molecule has 0 radical (unpaired) electrons. The van der Waals surface area contributed by atoms with Crippen LogP contribution in [0, 0.1) is 0 Å². The summed E-state index contributed by atoms with van der Waals surface area (Å²) in [6.45, 7) is 1.70. The summed E-state index contributed by atoms with van der Waals surface area (Å²) in [6, 6.07) is 9.09. The van der Waals surface area contributed by atoms with Gasteiger partial charge in [-0.2, -0.15) is 4.31 Å². The minimum Gasteiger partial charge on any atom is -0.315 e. The zero-order valence-corrected chi connectivity index (χ0v) is 11.1. The van der Waals surface area contributed by atoms with Crippen molar-refractivity contribution in [2.45, 2.75) is 36.2 Å². The number of nitrogens with one attached hydrogen (secondary N) is 1. The van der Waals surface area contributed by atoms with E-state index in [0.29, 0.717) is 4.90 Å². The van der Waals surface area contributed by atoms with Gasteiger partial charge in [0.25, 0.3) is 0 Å². The van der Waals surface area contributed by atoms with Gasteiger partial charge in [0.1, 0.15) is 0 Å². The van der Waals surface area contributed by atoms with E-state index in [9.17, 15) is 8.42 Å². The van der Waals surface area contributed by atoms with Crippen molar-refractivity contribution in [1.29, 1.82) is 0 Å². The highest BCUT2D eigenvalue weighted by atomic mass is 32.2. The number of hydrogen-bond donors (Lipinski definition) is 1. The van der Waals surface area contributed by atoms with Crippen LogP contribution in [0.3, 0.4) is 0 Å². The molecular formula is C13H18N2O2S. The summed E-state index contributed by atoms with van der Waals surface area (Å²) in [5.41, 5.74) is 0. The molecule has 0 amide bonds. The van der Waals surface area contributed by atoms with Crippen molar-refractivity contribution >= 4 is 10.0 Å². The lowest BCUT2D eigenvalue weighted by atomic mass is 10.1. The lowest BCUT2D eigenvalue weighted by Crippen LogP contribution is -2.42.